The summed E-state index contributed by atoms with van der Waals surface area (Å²) in [5.74, 6) is -0.698. The van der Waals surface area contributed by atoms with Crippen LogP contribution in [0.4, 0.5) is 0 Å². The van der Waals surface area contributed by atoms with Crippen LogP contribution in [-0.2, 0) is 18.5 Å². The van der Waals surface area contributed by atoms with Crippen LogP contribution in [0.1, 0.15) is 31.1 Å². The van der Waals surface area contributed by atoms with E-state index in [-0.39, 0.29) is 34.3 Å². The average Bonchev–Trinajstić information content (AvgIpc) is 2.31. The first-order valence-electron chi connectivity index (χ1n) is 6.05. The largest absolute Gasteiger partial charge is 0.460 e. The minimum atomic E-state index is -3.97. The maximum absolute atomic E-state index is 11.8. The lowest BCUT2D eigenvalue weighted by Gasteiger charge is -2.19. The molecule has 5 nitrogen and oxygen atoms in total. The molecule has 1 rings (SSSR count). The third-order valence-corrected chi connectivity index (χ3v) is 3.79. The van der Waals surface area contributed by atoms with E-state index in [2.05, 4.69) is 0 Å². The van der Waals surface area contributed by atoms with Gasteiger partial charge in [0, 0.05) is 15.7 Å². The van der Waals surface area contributed by atoms with Gasteiger partial charge in [-0.05, 0) is 39.0 Å². The van der Waals surface area contributed by atoms with Gasteiger partial charge in [-0.15, -0.1) is 0 Å². The van der Waals surface area contributed by atoms with Crippen molar-refractivity contribution >= 4 is 37.3 Å². The second-order valence-electron chi connectivity index (χ2n) is 5.21. The number of ether oxygens (including phenoxy) is 2. The highest BCUT2D eigenvalue weighted by Crippen LogP contribution is 2.22. The molecule has 0 spiro atoms. The highest BCUT2D eigenvalue weighted by Gasteiger charge is 2.17. The standard InChI is InChI=1S/C13H16Cl2O5S/c1-13(2,3)20-5-4-19-12(16)9-6-10(14)8-11(7-9)21(15,17)18/h6-8H,4-5H2,1-3H3. The van der Waals surface area contributed by atoms with Crippen LogP contribution in [0, 0.1) is 0 Å². The molecule has 0 aliphatic carbocycles. The molecule has 0 heterocycles. The van der Waals surface area contributed by atoms with Crippen molar-refractivity contribution in [3.8, 4) is 0 Å². The number of carbonyl (C=O) groups is 1. The number of rotatable bonds is 5. The van der Waals surface area contributed by atoms with Crippen LogP contribution in [0.15, 0.2) is 23.1 Å². The van der Waals surface area contributed by atoms with Gasteiger partial charge in [-0.3, -0.25) is 0 Å². The van der Waals surface area contributed by atoms with Crippen LogP contribution in [0.5, 0.6) is 0 Å². The van der Waals surface area contributed by atoms with E-state index in [9.17, 15) is 13.2 Å². The molecular weight excluding hydrogens is 339 g/mol. The Hall–Kier alpha value is -0.820. The summed E-state index contributed by atoms with van der Waals surface area (Å²) in [6, 6.07) is 3.57. The molecule has 0 aromatic heterocycles. The van der Waals surface area contributed by atoms with Gasteiger partial charge in [-0.1, -0.05) is 11.6 Å². The van der Waals surface area contributed by atoms with Crippen molar-refractivity contribution in [1.82, 2.24) is 0 Å². The van der Waals surface area contributed by atoms with Crippen molar-refractivity contribution in [1.29, 1.82) is 0 Å². The molecule has 1 aromatic carbocycles. The summed E-state index contributed by atoms with van der Waals surface area (Å²) in [4.78, 5) is 11.6. The van der Waals surface area contributed by atoms with E-state index in [1.165, 1.54) is 6.07 Å². The first-order chi connectivity index (χ1) is 9.49. The van der Waals surface area contributed by atoms with Crippen LogP contribution in [0.25, 0.3) is 0 Å². The molecule has 0 radical (unpaired) electrons. The van der Waals surface area contributed by atoms with Gasteiger partial charge in [0.25, 0.3) is 9.05 Å². The van der Waals surface area contributed by atoms with E-state index < -0.39 is 15.0 Å². The fourth-order valence-electron chi connectivity index (χ4n) is 1.39. The number of carbonyl (C=O) groups excluding carboxylic acids is 1. The Morgan fingerprint density at radius 1 is 1.19 bits per heavy atom. The summed E-state index contributed by atoms with van der Waals surface area (Å²) >= 11 is 5.77. The normalized spacial score (nSPS) is 12.2. The molecule has 0 aliphatic rings. The van der Waals surface area contributed by atoms with E-state index in [0.717, 1.165) is 12.1 Å². The molecule has 1 aromatic rings. The minimum Gasteiger partial charge on any atom is -0.460 e. The van der Waals surface area contributed by atoms with Gasteiger partial charge in [-0.25, -0.2) is 13.2 Å². The average molecular weight is 355 g/mol. The van der Waals surface area contributed by atoms with Gasteiger partial charge in [0.2, 0.25) is 0 Å². The topological polar surface area (TPSA) is 69.7 Å². The number of esters is 1. The fourth-order valence-corrected chi connectivity index (χ4v) is 2.49. The zero-order valence-electron chi connectivity index (χ0n) is 11.9. The fraction of sp³-hybridized carbons (Fsp3) is 0.462. The molecule has 0 saturated carbocycles. The second-order valence-corrected chi connectivity index (χ2v) is 8.21. The van der Waals surface area contributed by atoms with Crippen LogP contribution >= 0.6 is 22.3 Å². The van der Waals surface area contributed by atoms with Crippen LogP contribution < -0.4 is 0 Å². The van der Waals surface area contributed by atoms with Gasteiger partial charge in [-0.2, -0.15) is 0 Å². The second kappa shape index (κ2) is 6.96. The van der Waals surface area contributed by atoms with Crippen molar-refractivity contribution in [2.24, 2.45) is 0 Å². The summed E-state index contributed by atoms with van der Waals surface area (Å²) in [5, 5.41) is 0.0783. The molecule has 0 amide bonds. The van der Waals surface area contributed by atoms with Crippen molar-refractivity contribution in [2.75, 3.05) is 13.2 Å². The number of hydrogen-bond acceptors (Lipinski definition) is 5. The smallest absolute Gasteiger partial charge is 0.338 e. The molecule has 0 aliphatic heterocycles. The summed E-state index contributed by atoms with van der Waals surface area (Å²) in [6.45, 7) is 5.91. The summed E-state index contributed by atoms with van der Waals surface area (Å²) < 4.78 is 32.9. The molecule has 21 heavy (non-hydrogen) atoms. The predicted molar refractivity (Wildman–Crippen MR) is 80.5 cm³/mol. The van der Waals surface area contributed by atoms with E-state index in [0.29, 0.717) is 0 Å². The van der Waals surface area contributed by atoms with Gasteiger partial charge >= 0.3 is 5.97 Å². The summed E-state index contributed by atoms with van der Waals surface area (Å²) in [5.41, 5.74) is -0.319. The zero-order chi connectivity index (χ0) is 16.3. The first-order valence-corrected chi connectivity index (χ1v) is 8.74. The summed E-state index contributed by atoms with van der Waals surface area (Å²) in [7, 11) is 1.26. The van der Waals surface area contributed by atoms with Gasteiger partial charge in [0.15, 0.2) is 0 Å². The number of benzene rings is 1. The van der Waals surface area contributed by atoms with Crippen molar-refractivity contribution in [3.63, 3.8) is 0 Å². The van der Waals surface area contributed by atoms with E-state index in [4.69, 9.17) is 31.8 Å². The van der Waals surface area contributed by atoms with Gasteiger partial charge in [0.05, 0.1) is 22.7 Å². The Morgan fingerprint density at radius 2 is 1.81 bits per heavy atom. The molecule has 118 valence electrons. The monoisotopic (exact) mass is 354 g/mol. The Kier molecular flexibility index (Phi) is 6.04. The summed E-state index contributed by atoms with van der Waals surface area (Å²) in [6.07, 6.45) is 0. The van der Waals surface area contributed by atoms with Crippen LogP contribution in [-0.4, -0.2) is 33.2 Å². The Labute approximate surface area is 133 Å². The van der Waals surface area contributed by atoms with E-state index >= 15 is 0 Å². The first kappa shape index (κ1) is 18.2. The minimum absolute atomic E-state index is 0.0116. The Balaban J connectivity index is 2.73. The predicted octanol–water partition coefficient (Wildman–Crippen LogP) is 3.24. The molecule has 0 fully saturated rings. The molecule has 0 atom stereocenters. The molecule has 8 heteroatoms. The lowest BCUT2D eigenvalue weighted by molar-refractivity contribution is -0.0281. The lowest BCUT2D eigenvalue weighted by Crippen LogP contribution is -2.22. The Bertz CT molecular complexity index is 620. The van der Waals surface area contributed by atoms with Crippen molar-refractivity contribution in [2.45, 2.75) is 31.3 Å². The molecule has 0 N–H and O–H groups in total. The van der Waals surface area contributed by atoms with Crippen molar-refractivity contribution < 1.29 is 22.7 Å². The highest BCUT2D eigenvalue weighted by atomic mass is 35.7. The van der Waals surface area contributed by atoms with Crippen LogP contribution in [0.3, 0.4) is 0 Å². The maximum atomic E-state index is 11.8. The Morgan fingerprint density at radius 3 is 2.33 bits per heavy atom. The SMILES string of the molecule is CC(C)(C)OCCOC(=O)c1cc(Cl)cc(S(=O)(=O)Cl)c1. The number of hydrogen-bond donors (Lipinski definition) is 0. The third kappa shape index (κ3) is 6.65. The highest BCUT2D eigenvalue weighted by molar-refractivity contribution is 8.13. The molecule has 0 bridgehead atoms. The molecule has 0 saturated heterocycles. The quantitative estimate of drug-likeness (QED) is 0.461. The van der Waals surface area contributed by atoms with Gasteiger partial charge in [0.1, 0.15) is 6.61 Å². The van der Waals surface area contributed by atoms with Gasteiger partial charge < -0.3 is 9.47 Å². The maximum Gasteiger partial charge on any atom is 0.338 e. The van der Waals surface area contributed by atoms with Crippen LogP contribution in [0.2, 0.25) is 5.02 Å². The lowest BCUT2D eigenvalue weighted by atomic mass is 10.2. The van der Waals surface area contributed by atoms with E-state index in [1.807, 2.05) is 20.8 Å². The third-order valence-electron chi connectivity index (χ3n) is 2.24. The molecule has 0 unspecified atom stereocenters. The zero-order valence-corrected chi connectivity index (χ0v) is 14.2. The van der Waals surface area contributed by atoms with E-state index in [1.54, 1.807) is 0 Å². The molecular formula is C13H16Cl2O5S. The number of halogens is 2. The van der Waals surface area contributed by atoms with Crippen molar-refractivity contribution in [3.05, 3.63) is 28.8 Å².